The molecule has 0 bridgehead atoms. The quantitative estimate of drug-likeness (QED) is 0.717. The van der Waals surface area contributed by atoms with Crippen LogP contribution in [0.25, 0.3) is 5.57 Å². The lowest BCUT2D eigenvalue weighted by molar-refractivity contribution is 0.408. The summed E-state index contributed by atoms with van der Waals surface area (Å²) in [4.78, 5) is 0. The van der Waals surface area contributed by atoms with Crippen LogP contribution in [0.5, 0.6) is 5.75 Å². The van der Waals surface area contributed by atoms with Gasteiger partial charge in [-0.15, -0.1) is 0 Å². The second-order valence-corrected chi connectivity index (χ2v) is 4.62. The summed E-state index contributed by atoms with van der Waals surface area (Å²) in [5.74, 6) is 1.03. The van der Waals surface area contributed by atoms with E-state index in [4.69, 9.17) is 4.74 Å². The Morgan fingerprint density at radius 3 is 2.25 bits per heavy atom. The van der Waals surface area contributed by atoms with Gasteiger partial charge in [-0.3, -0.25) is 0 Å². The highest BCUT2D eigenvalue weighted by Gasteiger charge is 2.10. The molecule has 1 aromatic rings. The van der Waals surface area contributed by atoms with Gasteiger partial charge in [0, 0.05) is 0 Å². The van der Waals surface area contributed by atoms with Gasteiger partial charge in [0.15, 0.2) is 0 Å². The van der Waals surface area contributed by atoms with Gasteiger partial charge in [0.1, 0.15) is 5.75 Å². The van der Waals surface area contributed by atoms with Gasteiger partial charge in [-0.2, -0.15) is 0 Å². The molecular formula is C15H20O. The lowest BCUT2D eigenvalue weighted by atomic mass is 9.91. The molecule has 0 fully saturated rings. The molecular weight excluding hydrogens is 196 g/mol. The predicted octanol–water partition coefficient (Wildman–Crippen LogP) is 4.27. The summed E-state index contributed by atoms with van der Waals surface area (Å²) in [5, 5.41) is 0. The van der Waals surface area contributed by atoms with E-state index in [1.807, 2.05) is 0 Å². The van der Waals surface area contributed by atoms with Crippen LogP contribution in [0.2, 0.25) is 0 Å². The number of hydrogen-bond donors (Lipinski definition) is 0. The Morgan fingerprint density at radius 1 is 1.06 bits per heavy atom. The maximum absolute atomic E-state index is 5.40. The molecule has 1 aliphatic rings. The summed E-state index contributed by atoms with van der Waals surface area (Å²) in [6.07, 6.45) is 7.53. The smallest absolute Gasteiger partial charge is 0.124 e. The molecule has 0 atom stereocenters. The summed E-state index contributed by atoms with van der Waals surface area (Å²) < 4.78 is 5.40. The van der Waals surface area contributed by atoms with Gasteiger partial charge in [0.2, 0.25) is 0 Å². The van der Waals surface area contributed by atoms with Crippen LogP contribution in [-0.2, 0) is 0 Å². The van der Waals surface area contributed by atoms with Crippen molar-refractivity contribution in [1.29, 1.82) is 0 Å². The zero-order valence-electron chi connectivity index (χ0n) is 10.5. The Kier molecular flexibility index (Phi) is 3.33. The molecule has 0 heterocycles. The Morgan fingerprint density at radius 2 is 1.75 bits per heavy atom. The number of aryl methyl sites for hydroxylation is 2. The molecule has 1 aromatic carbocycles. The van der Waals surface area contributed by atoms with E-state index >= 15 is 0 Å². The van der Waals surface area contributed by atoms with Crippen molar-refractivity contribution >= 4 is 5.57 Å². The second kappa shape index (κ2) is 4.73. The van der Waals surface area contributed by atoms with Crippen LogP contribution in [0.4, 0.5) is 0 Å². The first-order valence-corrected chi connectivity index (χ1v) is 6.07. The molecule has 0 spiro atoms. The van der Waals surface area contributed by atoms with E-state index in [2.05, 4.69) is 32.1 Å². The Bertz CT molecular complexity index is 392. The van der Waals surface area contributed by atoms with Crippen molar-refractivity contribution in [3.63, 3.8) is 0 Å². The molecule has 0 saturated heterocycles. The van der Waals surface area contributed by atoms with E-state index in [1.165, 1.54) is 47.9 Å². The number of rotatable bonds is 2. The summed E-state index contributed by atoms with van der Waals surface area (Å²) in [6, 6.07) is 4.51. The lowest BCUT2D eigenvalue weighted by Gasteiger charge is -2.16. The first-order valence-electron chi connectivity index (χ1n) is 6.07. The van der Waals surface area contributed by atoms with Crippen LogP contribution in [0.3, 0.4) is 0 Å². The highest BCUT2D eigenvalue weighted by Crippen LogP contribution is 2.32. The number of ether oxygens (including phenoxy) is 1. The highest BCUT2D eigenvalue weighted by atomic mass is 16.5. The zero-order valence-corrected chi connectivity index (χ0v) is 10.5. The minimum absolute atomic E-state index is 1.03. The summed E-state index contributed by atoms with van der Waals surface area (Å²) >= 11 is 0. The summed E-state index contributed by atoms with van der Waals surface area (Å²) in [7, 11) is 1.74. The van der Waals surface area contributed by atoms with Crippen LogP contribution < -0.4 is 4.74 Å². The monoisotopic (exact) mass is 216 g/mol. The van der Waals surface area contributed by atoms with Gasteiger partial charge < -0.3 is 4.74 Å². The Hall–Kier alpha value is -1.24. The summed E-state index contributed by atoms with van der Waals surface area (Å²) in [6.45, 7) is 4.25. The number of hydrogen-bond acceptors (Lipinski definition) is 1. The first kappa shape index (κ1) is 11.3. The highest BCUT2D eigenvalue weighted by molar-refractivity contribution is 5.68. The van der Waals surface area contributed by atoms with Crippen LogP contribution >= 0.6 is 0 Å². The van der Waals surface area contributed by atoms with Crippen molar-refractivity contribution in [2.24, 2.45) is 0 Å². The van der Waals surface area contributed by atoms with E-state index in [-0.39, 0.29) is 0 Å². The molecule has 1 heteroatoms. The van der Waals surface area contributed by atoms with Gasteiger partial charge in [0.05, 0.1) is 7.11 Å². The van der Waals surface area contributed by atoms with E-state index in [0.717, 1.165) is 5.75 Å². The van der Waals surface area contributed by atoms with Crippen molar-refractivity contribution in [1.82, 2.24) is 0 Å². The third-order valence-corrected chi connectivity index (χ3v) is 3.33. The molecule has 2 rings (SSSR count). The number of benzene rings is 1. The van der Waals surface area contributed by atoms with E-state index in [9.17, 15) is 0 Å². The minimum atomic E-state index is 1.03. The van der Waals surface area contributed by atoms with Crippen molar-refractivity contribution in [3.05, 3.63) is 34.9 Å². The maximum Gasteiger partial charge on any atom is 0.124 e. The molecule has 86 valence electrons. The van der Waals surface area contributed by atoms with E-state index in [0.29, 0.717) is 0 Å². The fourth-order valence-electron chi connectivity index (χ4n) is 2.56. The third-order valence-electron chi connectivity index (χ3n) is 3.33. The van der Waals surface area contributed by atoms with E-state index < -0.39 is 0 Å². The lowest BCUT2D eigenvalue weighted by Crippen LogP contribution is -1.96. The first-order chi connectivity index (χ1) is 7.72. The van der Waals surface area contributed by atoms with Crippen molar-refractivity contribution in [3.8, 4) is 5.75 Å². The molecule has 0 saturated carbocycles. The standard InChI is InChI=1S/C15H20O/c1-11-9-14(10-12(2)15(11)16-3)13-7-5-4-6-8-13/h7,9-10H,4-6,8H2,1-3H3. The predicted molar refractivity (Wildman–Crippen MR) is 68.9 cm³/mol. The minimum Gasteiger partial charge on any atom is -0.496 e. The van der Waals surface area contributed by atoms with Gasteiger partial charge in [-0.1, -0.05) is 6.08 Å². The van der Waals surface area contributed by atoms with Gasteiger partial charge in [-0.25, -0.2) is 0 Å². The molecule has 0 aromatic heterocycles. The van der Waals surface area contributed by atoms with Gasteiger partial charge in [0.25, 0.3) is 0 Å². The summed E-state index contributed by atoms with van der Waals surface area (Å²) in [5.41, 5.74) is 5.38. The van der Waals surface area contributed by atoms with Gasteiger partial charge in [-0.05, 0) is 73.9 Å². The number of methoxy groups -OCH3 is 1. The van der Waals surface area contributed by atoms with Crippen LogP contribution in [0.15, 0.2) is 18.2 Å². The largest absolute Gasteiger partial charge is 0.496 e. The van der Waals surface area contributed by atoms with Gasteiger partial charge >= 0.3 is 0 Å². The molecule has 0 unspecified atom stereocenters. The SMILES string of the molecule is COc1c(C)cc(C2=CCCCC2)cc1C. The molecule has 0 amide bonds. The zero-order chi connectivity index (χ0) is 11.5. The van der Waals surface area contributed by atoms with Crippen LogP contribution in [0.1, 0.15) is 42.4 Å². The Labute approximate surface area is 98.1 Å². The normalized spacial score (nSPS) is 15.8. The topological polar surface area (TPSA) is 9.23 Å². The average molecular weight is 216 g/mol. The molecule has 0 radical (unpaired) electrons. The second-order valence-electron chi connectivity index (χ2n) is 4.62. The third kappa shape index (κ3) is 2.13. The molecule has 16 heavy (non-hydrogen) atoms. The fraction of sp³-hybridized carbons (Fsp3) is 0.467. The van der Waals surface area contributed by atoms with Crippen molar-refractivity contribution in [2.45, 2.75) is 39.5 Å². The van der Waals surface area contributed by atoms with E-state index in [1.54, 1.807) is 7.11 Å². The molecule has 0 aliphatic heterocycles. The van der Waals surface area contributed by atoms with Crippen molar-refractivity contribution < 1.29 is 4.74 Å². The molecule has 1 nitrogen and oxygen atoms in total. The maximum atomic E-state index is 5.40. The van der Waals surface area contributed by atoms with Crippen LogP contribution in [-0.4, -0.2) is 7.11 Å². The number of allylic oxidation sites excluding steroid dienone is 2. The average Bonchev–Trinajstić information content (AvgIpc) is 2.30. The molecule has 1 aliphatic carbocycles. The molecule has 0 N–H and O–H groups in total. The fourth-order valence-corrected chi connectivity index (χ4v) is 2.56. The van der Waals surface area contributed by atoms with Crippen molar-refractivity contribution in [2.75, 3.05) is 7.11 Å². The Balaban J connectivity index is 2.39. The van der Waals surface area contributed by atoms with Crippen LogP contribution in [0, 0.1) is 13.8 Å².